The van der Waals surface area contributed by atoms with Gasteiger partial charge in [-0.1, -0.05) is 11.6 Å². The molecule has 3 rings (SSSR count). The lowest BCUT2D eigenvalue weighted by atomic mass is 9.98. The van der Waals surface area contributed by atoms with Crippen LogP contribution in [-0.2, 0) is 0 Å². The van der Waals surface area contributed by atoms with Gasteiger partial charge in [-0.15, -0.1) is 0 Å². The summed E-state index contributed by atoms with van der Waals surface area (Å²) in [5.74, 6) is -0.0366. The number of hydrogen-bond acceptors (Lipinski definition) is 3. The minimum Gasteiger partial charge on any atom is -0.337 e. The van der Waals surface area contributed by atoms with E-state index in [9.17, 15) is 4.79 Å². The first kappa shape index (κ1) is 13.6. The van der Waals surface area contributed by atoms with E-state index in [0.29, 0.717) is 12.1 Å². The second-order valence-electron chi connectivity index (χ2n) is 5.60. The van der Waals surface area contributed by atoms with Crippen LogP contribution in [0.5, 0.6) is 0 Å². The Morgan fingerprint density at radius 2 is 2.29 bits per heavy atom. The van der Waals surface area contributed by atoms with E-state index in [0.717, 1.165) is 35.9 Å². The zero-order valence-electron chi connectivity index (χ0n) is 12.0. The number of aromatic nitrogens is 1. The van der Waals surface area contributed by atoms with E-state index < -0.39 is 0 Å². The molecule has 1 amide bonds. The van der Waals surface area contributed by atoms with Gasteiger partial charge in [-0.3, -0.25) is 9.78 Å². The highest BCUT2D eigenvalue weighted by Crippen LogP contribution is 2.23. The molecule has 1 atom stereocenters. The average Bonchev–Trinajstić information content (AvgIpc) is 2.53. The van der Waals surface area contributed by atoms with Crippen molar-refractivity contribution < 1.29 is 4.79 Å². The summed E-state index contributed by atoms with van der Waals surface area (Å²) in [4.78, 5) is 18.9. The number of piperidine rings is 1. The zero-order valence-corrected chi connectivity index (χ0v) is 12.0. The molecule has 0 N–H and O–H groups in total. The molecule has 1 aliphatic rings. The van der Waals surface area contributed by atoms with Crippen molar-refractivity contribution >= 4 is 16.8 Å². The Morgan fingerprint density at radius 1 is 1.43 bits per heavy atom. The Kier molecular flexibility index (Phi) is 3.57. The smallest absolute Gasteiger partial charge is 0.254 e. The summed E-state index contributed by atoms with van der Waals surface area (Å²) in [5, 5.41) is 9.96. The van der Waals surface area contributed by atoms with Crippen LogP contribution in [0.15, 0.2) is 30.5 Å². The highest BCUT2D eigenvalue weighted by Gasteiger charge is 2.25. The Bertz CT molecular complexity index is 732. The predicted molar refractivity (Wildman–Crippen MR) is 80.7 cm³/mol. The fourth-order valence-corrected chi connectivity index (χ4v) is 2.88. The van der Waals surface area contributed by atoms with Gasteiger partial charge in [0.05, 0.1) is 23.1 Å². The number of pyridine rings is 1. The molecule has 0 spiro atoms. The normalized spacial score (nSPS) is 18.5. The van der Waals surface area contributed by atoms with E-state index in [1.807, 2.05) is 25.1 Å². The van der Waals surface area contributed by atoms with E-state index in [1.165, 1.54) is 0 Å². The zero-order chi connectivity index (χ0) is 14.8. The molecule has 0 aliphatic carbocycles. The van der Waals surface area contributed by atoms with Crippen molar-refractivity contribution in [1.29, 1.82) is 5.26 Å². The van der Waals surface area contributed by atoms with E-state index in [-0.39, 0.29) is 11.8 Å². The number of amides is 1. The van der Waals surface area contributed by atoms with E-state index in [1.54, 1.807) is 17.2 Å². The van der Waals surface area contributed by atoms with E-state index >= 15 is 0 Å². The van der Waals surface area contributed by atoms with Crippen LogP contribution >= 0.6 is 0 Å². The molecule has 1 fully saturated rings. The summed E-state index contributed by atoms with van der Waals surface area (Å²) in [5.41, 5.74) is 2.63. The lowest BCUT2D eigenvalue weighted by molar-refractivity contribution is 0.0700. The van der Waals surface area contributed by atoms with Gasteiger partial charge in [-0.05, 0) is 38.0 Å². The molecule has 21 heavy (non-hydrogen) atoms. The monoisotopic (exact) mass is 279 g/mol. The predicted octanol–water partition coefficient (Wildman–Crippen LogP) is 2.92. The standard InChI is InChI=1S/C17H17N3O/c1-12-4-5-16-15(9-12)14(6-7-19-16)17(21)20-8-2-3-13(10-18)11-20/h4-7,9,13H,2-3,8,11H2,1H3/t13-/m0/s1. The van der Waals surface area contributed by atoms with Crippen LogP contribution in [0.3, 0.4) is 0 Å². The molecule has 4 heteroatoms. The molecule has 0 bridgehead atoms. The summed E-state index contributed by atoms with van der Waals surface area (Å²) in [6, 6.07) is 10.00. The number of nitriles is 1. The molecule has 4 nitrogen and oxygen atoms in total. The second-order valence-corrected chi connectivity index (χ2v) is 5.60. The third-order valence-electron chi connectivity index (χ3n) is 4.02. The van der Waals surface area contributed by atoms with Crippen LogP contribution in [-0.4, -0.2) is 28.9 Å². The Morgan fingerprint density at radius 3 is 3.10 bits per heavy atom. The molecular formula is C17H17N3O. The van der Waals surface area contributed by atoms with E-state index in [4.69, 9.17) is 5.26 Å². The van der Waals surface area contributed by atoms with Crippen molar-refractivity contribution in [2.24, 2.45) is 5.92 Å². The lowest BCUT2D eigenvalue weighted by Crippen LogP contribution is -2.39. The molecule has 0 saturated carbocycles. The largest absolute Gasteiger partial charge is 0.337 e. The highest BCUT2D eigenvalue weighted by molar-refractivity contribution is 6.06. The Balaban J connectivity index is 1.98. The molecule has 106 valence electrons. The maximum absolute atomic E-state index is 12.8. The van der Waals surface area contributed by atoms with Crippen molar-refractivity contribution in [2.75, 3.05) is 13.1 Å². The van der Waals surface area contributed by atoms with Crippen LogP contribution in [0, 0.1) is 24.2 Å². The topological polar surface area (TPSA) is 57.0 Å². The van der Waals surface area contributed by atoms with Gasteiger partial charge in [0.15, 0.2) is 0 Å². The quantitative estimate of drug-likeness (QED) is 0.806. The van der Waals surface area contributed by atoms with Gasteiger partial charge in [-0.25, -0.2) is 0 Å². The van der Waals surface area contributed by atoms with Gasteiger partial charge >= 0.3 is 0 Å². The summed E-state index contributed by atoms with van der Waals surface area (Å²) < 4.78 is 0. The van der Waals surface area contributed by atoms with Gasteiger partial charge in [-0.2, -0.15) is 5.26 Å². The van der Waals surface area contributed by atoms with Gasteiger partial charge in [0.25, 0.3) is 5.91 Å². The number of aryl methyl sites for hydroxylation is 1. The lowest BCUT2D eigenvalue weighted by Gasteiger charge is -2.30. The second kappa shape index (κ2) is 5.53. The first-order valence-electron chi connectivity index (χ1n) is 7.23. The summed E-state index contributed by atoms with van der Waals surface area (Å²) in [6.45, 7) is 3.27. The maximum atomic E-state index is 12.8. The summed E-state index contributed by atoms with van der Waals surface area (Å²) in [7, 11) is 0. The minimum absolute atomic E-state index is 0.00736. The first-order valence-corrected chi connectivity index (χ1v) is 7.23. The van der Waals surface area contributed by atoms with Gasteiger partial charge in [0, 0.05) is 24.7 Å². The SMILES string of the molecule is Cc1ccc2nccc(C(=O)N3CCC[C@@H](C#N)C3)c2c1. The third-order valence-corrected chi connectivity index (χ3v) is 4.02. The Labute approximate surface area is 124 Å². The van der Waals surface area contributed by atoms with Crippen molar-refractivity contribution in [3.8, 4) is 6.07 Å². The number of rotatable bonds is 1. The number of fused-ring (bicyclic) bond motifs is 1. The molecule has 1 aromatic carbocycles. The average molecular weight is 279 g/mol. The van der Waals surface area contributed by atoms with E-state index in [2.05, 4.69) is 11.1 Å². The first-order chi connectivity index (χ1) is 10.2. The van der Waals surface area contributed by atoms with Gasteiger partial charge < -0.3 is 4.90 Å². The molecule has 0 unspecified atom stereocenters. The molecular weight excluding hydrogens is 262 g/mol. The molecule has 2 heterocycles. The number of nitrogens with zero attached hydrogens (tertiary/aromatic N) is 3. The highest BCUT2D eigenvalue weighted by atomic mass is 16.2. The van der Waals surface area contributed by atoms with Crippen LogP contribution in [0.4, 0.5) is 0 Å². The minimum atomic E-state index is -0.0439. The Hall–Kier alpha value is -2.41. The van der Waals surface area contributed by atoms with Crippen molar-refractivity contribution in [3.05, 3.63) is 41.6 Å². The third kappa shape index (κ3) is 2.59. The molecule has 0 radical (unpaired) electrons. The van der Waals surface area contributed by atoms with Crippen LogP contribution < -0.4 is 0 Å². The summed E-state index contributed by atoms with van der Waals surface area (Å²) in [6.07, 6.45) is 3.46. The summed E-state index contributed by atoms with van der Waals surface area (Å²) >= 11 is 0. The van der Waals surface area contributed by atoms with Crippen LogP contribution in [0.2, 0.25) is 0 Å². The number of benzene rings is 1. The van der Waals surface area contributed by atoms with Crippen LogP contribution in [0.25, 0.3) is 10.9 Å². The number of hydrogen-bond donors (Lipinski definition) is 0. The number of carbonyl (C=O) groups excluding carboxylic acids is 1. The fourth-order valence-electron chi connectivity index (χ4n) is 2.88. The molecule has 2 aromatic rings. The van der Waals surface area contributed by atoms with Crippen molar-refractivity contribution in [1.82, 2.24) is 9.88 Å². The van der Waals surface area contributed by atoms with Gasteiger partial charge in [0.2, 0.25) is 0 Å². The fraction of sp³-hybridized carbons (Fsp3) is 0.353. The van der Waals surface area contributed by atoms with Gasteiger partial charge in [0.1, 0.15) is 0 Å². The number of carbonyl (C=O) groups is 1. The maximum Gasteiger partial charge on any atom is 0.254 e. The van der Waals surface area contributed by atoms with Crippen LogP contribution in [0.1, 0.15) is 28.8 Å². The van der Waals surface area contributed by atoms with Crippen molar-refractivity contribution in [3.63, 3.8) is 0 Å². The molecule has 1 aliphatic heterocycles. The van der Waals surface area contributed by atoms with Crippen molar-refractivity contribution in [2.45, 2.75) is 19.8 Å². The molecule has 1 aromatic heterocycles. The molecule has 1 saturated heterocycles. The number of likely N-dealkylation sites (tertiary alicyclic amines) is 1.